The zero-order valence-corrected chi connectivity index (χ0v) is 27.4. The quantitative estimate of drug-likeness (QED) is 0.299. The average Bonchev–Trinajstić information content (AvgIpc) is 2.94. The number of nitrogens with zero attached hydrogens (tertiary/aromatic N) is 2. The van der Waals surface area contributed by atoms with E-state index >= 15 is 0 Å². The molecule has 0 aromatic heterocycles. The van der Waals surface area contributed by atoms with Crippen LogP contribution in [0.4, 0.5) is 5.69 Å². The minimum Gasteiger partial charge on any atom is -0.497 e. The van der Waals surface area contributed by atoms with Crippen LogP contribution < -0.4 is 19.1 Å². The lowest BCUT2D eigenvalue weighted by Gasteiger charge is -2.33. The molecule has 0 aliphatic heterocycles. The molecular formula is C31H38BrN3O6S. The van der Waals surface area contributed by atoms with Gasteiger partial charge in [-0.1, -0.05) is 29.8 Å². The SMILES string of the molecule is COc1ccc(CN(C(=O)CN(c2ccc(C)cc2)S(=O)(=O)c2ccc(OC)c(Br)c2)[C@H](C)C(=O)NC(C)(C)C)cc1. The second-order valence-corrected chi connectivity index (χ2v) is 13.6. The molecule has 0 heterocycles. The van der Waals surface area contributed by atoms with Crippen LogP contribution in [-0.4, -0.2) is 57.5 Å². The van der Waals surface area contributed by atoms with E-state index in [0.717, 1.165) is 15.4 Å². The third-order valence-electron chi connectivity index (χ3n) is 6.49. The molecule has 0 bridgehead atoms. The van der Waals surface area contributed by atoms with Crippen LogP contribution in [0.2, 0.25) is 0 Å². The van der Waals surface area contributed by atoms with Gasteiger partial charge in [0.05, 0.1) is 29.3 Å². The molecule has 0 aliphatic carbocycles. The number of hydrogen-bond donors (Lipinski definition) is 1. The molecular weight excluding hydrogens is 622 g/mol. The van der Waals surface area contributed by atoms with Crippen molar-refractivity contribution in [3.05, 3.63) is 82.3 Å². The van der Waals surface area contributed by atoms with Gasteiger partial charge in [-0.25, -0.2) is 8.42 Å². The molecule has 9 nitrogen and oxygen atoms in total. The Morgan fingerprint density at radius 1 is 0.952 bits per heavy atom. The van der Waals surface area contributed by atoms with E-state index in [0.29, 0.717) is 21.7 Å². The highest BCUT2D eigenvalue weighted by Gasteiger charge is 2.33. The summed E-state index contributed by atoms with van der Waals surface area (Å²) in [4.78, 5) is 28.7. The number of rotatable bonds is 11. The van der Waals surface area contributed by atoms with Crippen LogP contribution in [0.3, 0.4) is 0 Å². The van der Waals surface area contributed by atoms with Gasteiger partial charge in [0.15, 0.2) is 0 Å². The number of methoxy groups -OCH3 is 2. The highest BCUT2D eigenvalue weighted by molar-refractivity contribution is 9.10. The largest absolute Gasteiger partial charge is 0.497 e. The number of hydrogen-bond acceptors (Lipinski definition) is 6. The summed E-state index contributed by atoms with van der Waals surface area (Å²) in [5.74, 6) is 0.223. The molecule has 0 saturated carbocycles. The fraction of sp³-hybridized carbons (Fsp3) is 0.355. The predicted octanol–water partition coefficient (Wildman–Crippen LogP) is 5.30. The van der Waals surface area contributed by atoms with Crippen molar-refractivity contribution in [2.24, 2.45) is 0 Å². The van der Waals surface area contributed by atoms with Crippen LogP contribution in [0.5, 0.6) is 11.5 Å². The van der Waals surface area contributed by atoms with Gasteiger partial charge in [-0.15, -0.1) is 0 Å². The first-order valence-corrected chi connectivity index (χ1v) is 15.6. The Hall–Kier alpha value is -3.57. The smallest absolute Gasteiger partial charge is 0.264 e. The van der Waals surface area contributed by atoms with Crippen LogP contribution in [-0.2, 0) is 26.2 Å². The molecule has 1 atom stereocenters. The van der Waals surface area contributed by atoms with E-state index in [2.05, 4.69) is 21.2 Å². The Balaban J connectivity index is 2.05. The van der Waals surface area contributed by atoms with E-state index < -0.39 is 34.1 Å². The van der Waals surface area contributed by atoms with E-state index in [1.54, 1.807) is 68.6 Å². The van der Waals surface area contributed by atoms with Crippen LogP contribution in [0, 0.1) is 6.92 Å². The van der Waals surface area contributed by atoms with Gasteiger partial charge in [0.2, 0.25) is 11.8 Å². The first-order valence-electron chi connectivity index (χ1n) is 13.3. The minimum atomic E-state index is -4.22. The summed E-state index contributed by atoms with van der Waals surface area (Å²) in [6.45, 7) is 8.63. The van der Waals surface area contributed by atoms with Crippen LogP contribution in [0.25, 0.3) is 0 Å². The molecule has 0 spiro atoms. The fourth-order valence-corrected chi connectivity index (χ4v) is 6.29. The predicted molar refractivity (Wildman–Crippen MR) is 167 cm³/mol. The average molecular weight is 661 g/mol. The van der Waals surface area contributed by atoms with Crippen LogP contribution in [0.15, 0.2) is 76.1 Å². The summed E-state index contributed by atoms with van der Waals surface area (Å²) in [5, 5.41) is 2.92. The number of sulfonamides is 1. The van der Waals surface area contributed by atoms with Gasteiger partial charge in [-0.2, -0.15) is 0 Å². The minimum absolute atomic E-state index is 0.0243. The first kappa shape index (κ1) is 32.9. The number of carbonyl (C=O) groups excluding carboxylic acids is 2. The van der Waals surface area contributed by atoms with E-state index in [1.165, 1.54) is 24.1 Å². The molecule has 0 aliphatic rings. The molecule has 226 valence electrons. The van der Waals surface area contributed by atoms with Gasteiger partial charge in [-0.3, -0.25) is 13.9 Å². The maximum Gasteiger partial charge on any atom is 0.264 e. The molecule has 3 aromatic rings. The van der Waals surface area contributed by atoms with Gasteiger partial charge < -0.3 is 19.7 Å². The fourth-order valence-electron chi connectivity index (χ4n) is 4.16. The van der Waals surface area contributed by atoms with Gasteiger partial charge >= 0.3 is 0 Å². The summed E-state index contributed by atoms with van der Waals surface area (Å²) < 4.78 is 40.1. The van der Waals surface area contributed by atoms with Gasteiger partial charge in [0.1, 0.15) is 24.1 Å². The van der Waals surface area contributed by atoms with E-state index in [1.807, 2.05) is 27.7 Å². The van der Waals surface area contributed by atoms with Crippen LogP contribution >= 0.6 is 15.9 Å². The highest BCUT2D eigenvalue weighted by Crippen LogP contribution is 2.31. The summed E-state index contributed by atoms with van der Waals surface area (Å²) >= 11 is 3.36. The standard InChI is InChI=1S/C31H38BrN3O6S/c1-21-8-12-24(13-9-21)35(42(38,39)26-16-17-28(41-7)27(32)18-26)20-29(36)34(22(2)30(37)33-31(3,4)5)19-23-10-14-25(40-6)15-11-23/h8-18,22H,19-20H2,1-7H3,(H,33,37)/t22-/m1/s1. The maximum atomic E-state index is 14.1. The van der Waals surface area contributed by atoms with Crippen molar-refractivity contribution in [2.75, 3.05) is 25.1 Å². The van der Waals surface area contributed by atoms with Gasteiger partial charge in [-0.05, 0) is 98.6 Å². The number of benzene rings is 3. The topological polar surface area (TPSA) is 105 Å². The number of halogens is 1. The van der Waals surface area contributed by atoms with Crippen molar-refractivity contribution >= 4 is 43.5 Å². The molecule has 3 aromatic carbocycles. The van der Waals surface area contributed by atoms with Crippen molar-refractivity contribution in [3.63, 3.8) is 0 Å². The third kappa shape index (κ3) is 8.25. The van der Waals surface area contributed by atoms with E-state index in [4.69, 9.17) is 9.47 Å². The monoisotopic (exact) mass is 659 g/mol. The number of carbonyl (C=O) groups is 2. The normalized spacial score (nSPS) is 12.3. The Bertz CT molecular complexity index is 1500. The van der Waals surface area contributed by atoms with E-state index in [9.17, 15) is 18.0 Å². The number of amides is 2. The number of aryl methyl sites for hydroxylation is 1. The van der Waals surface area contributed by atoms with Crippen molar-refractivity contribution in [3.8, 4) is 11.5 Å². The molecule has 2 amide bonds. The molecule has 0 saturated heterocycles. The zero-order chi connectivity index (χ0) is 31.2. The number of anilines is 1. The van der Waals surface area contributed by atoms with E-state index in [-0.39, 0.29) is 17.3 Å². The van der Waals surface area contributed by atoms with Crippen LogP contribution in [0.1, 0.15) is 38.8 Å². The number of nitrogens with one attached hydrogen (secondary N) is 1. The second-order valence-electron chi connectivity index (χ2n) is 10.9. The Labute approximate surface area is 257 Å². The lowest BCUT2D eigenvalue weighted by molar-refractivity contribution is -0.140. The Kier molecular flexibility index (Phi) is 10.7. The molecule has 42 heavy (non-hydrogen) atoms. The molecule has 11 heteroatoms. The Morgan fingerprint density at radius 3 is 2.10 bits per heavy atom. The summed E-state index contributed by atoms with van der Waals surface area (Å²) in [7, 11) is -1.17. The number of ether oxygens (including phenoxy) is 2. The second kappa shape index (κ2) is 13.6. The van der Waals surface area contributed by atoms with Crippen molar-refractivity contribution in [1.82, 2.24) is 10.2 Å². The van der Waals surface area contributed by atoms with Crippen molar-refractivity contribution in [1.29, 1.82) is 0 Å². The lowest BCUT2D eigenvalue weighted by Crippen LogP contribution is -2.54. The highest BCUT2D eigenvalue weighted by atomic mass is 79.9. The first-order chi connectivity index (χ1) is 19.7. The molecule has 3 rings (SSSR count). The maximum absolute atomic E-state index is 14.1. The van der Waals surface area contributed by atoms with Crippen molar-refractivity contribution in [2.45, 2.75) is 57.6 Å². The molecule has 0 fully saturated rings. The zero-order valence-electron chi connectivity index (χ0n) is 25.0. The third-order valence-corrected chi connectivity index (χ3v) is 8.88. The summed E-state index contributed by atoms with van der Waals surface area (Å²) in [5.41, 5.74) is 1.47. The molecule has 0 unspecified atom stereocenters. The van der Waals surface area contributed by atoms with Gasteiger partial charge in [0, 0.05) is 12.1 Å². The summed E-state index contributed by atoms with van der Waals surface area (Å²) in [6, 6.07) is 17.5. The molecule has 1 N–H and O–H groups in total. The lowest BCUT2D eigenvalue weighted by atomic mass is 10.1. The van der Waals surface area contributed by atoms with Gasteiger partial charge in [0.25, 0.3) is 10.0 Å². The van der Waals surface area contributed by atoms with Crippen molar-refractivity contribution < 1.29 is 27.5 Å². The summed E-state index contributed by atoms with van der Waals surface area (Å²) in [6.07, 6.45) is 0. The Morgan fingerprint density at radius 2 is 1.57 bits per heavy atom. The molecule has 0 radical (unpaired) electrons.